The van der Waals surface area contributed by atoms with E-state index in [1.165, 1.54) is 19.2 Å². The van der Waals surface area contributed by atoms with Crippen LogP contribution in [-0.4, -0.2) is 31.6 Å². The van der Waals surface area contributed by atoms with Crippen LogP contribution in [0.15, 0.2) is 27.6 Å². The van der Waals surface area contributed by atoms with E-state index in [4.69, 9.17) is 0 Å². The lowest BCUT2D eigenvalue weighted by atomic mass is 10.3. The topological polar surface area (TPSA) is 37.4 Å². The third-order valence-corrected chi connectivity index (χ3v) is 5.13. The Labute approximate surface area is 117 Å². The van der Waals surface area contributed by atoms with Crippen LogP contribution in [0.5, 0.6) is 0 Å². The number of sulfonamides is 1. The van der Waals surface area contributed by atoms with Crippen molar-refractivity contribution in [3.63, 3.8) is 0 Å². The van der Waals surface area contributed by atoms with Crippen molar-refractivity contribution >= 4 is 41.9 Å². The fourth-order valence-corrected chi connectivity index (χ4v) is 3.09. The molecule has 3 nitrogen and oxygen atoms in total. The summed E-state index contributed by atoms with van der Waals surface area (Å²) < 4.78 is 39.3. The third-order valence-electron chi connectivity index (χ3n) is 2.19. The molecule has 0 radical (unpaired) electrons. The van der Waals surface area contributed by atoms with Crippen LogP contribution in [0.3, 0.4) is 0 Å². The van der Waals surface area contributed by atoms with Crippen LogP contribution in [0.1, 0.15) is 6.42 Å². The molecule has 17 heavy (non-hydrogen) atoms. The van der Waals surface area contributed by atoms with E-state index in [1.807, 2.05) is 0 Å². The van der Waals surface area contributed by atoms with Gasteiger partial charge in [-0.2, -0.15) is 0 Å². The number of hydrogen-bond acceptors (Lipinski definition) is 2. The normalized spacial score (nSPS) is 12.1. The molecule has 0 heterocycles. The first-order valence-electron chi connectivity index (χ1n) is 4.87. The van der Waals surface area contributed by atoms with Gasteiger partial charge in [0.2, 0.25) is 10.0 Å². The van der Waals surface area contributed by atoms with Crippen molar-refractivity contribution in [2.24, 2.45) is 0 Å². The minimum Gasteiger partial charge on any atom is -0.207 e. The maximum Gasteiger partial charge on any atom is 0.245 e. The van der Waals surface area contributed by atoms with E-state index in [0.29, 0.717) is 22.8 Å². The van der Waals surface area contributed by atoms with E-state index >= 15 is 0 Å². The average molecular weight is 389 g/mol. The van der Waals surface area contributed by atoms with Gasteiger partial charge in [0.1, 0.15) is 10.7 Å². The predicted octanol–water partition coefficient (Wildman–Crippen LogP) is 2.99. The average Bonchev–Trinajstić information content (AvgIpc) is 2.25. The molecule has 0 atom stereocenters. The Morgan fingerprint density at radius 3 is 2.59 bits per heavy atom. The summed E-state index contributed by atoms with van der Waals surface area (Å²) in [6.45, 7) is 0.350. The highest BCUT2D eigenvalue weighted by Gasteiger charge is 2.23. The predicted molar refractivity (Wildman–Crippen MR) is 72.3 cm³/mol. The molecule has 0 N–H and O–H groups in total. The van der Waals surface area contributed by atoms with Crippen LogP contribution in [0.2, 0.25) is 0 Å². The smallest absolute Gasteiger partial charge is 0.207 e. The van der Waals surface area contributed by atoms with Gasteiger partial charge < -0.3 is 0 Å². The van der Waals surface area contributed by atoms with Crippen molar-refractivity contribution in [2.45, 2.75) is 11.3 Å². The van der Waals surface area contributed by atoms with Crippen LogP contribution in [0, 0.1) is 5.82 Å². The summed E-state index contributed by atoms with van der Waals surface area (Å²) in [7, 11) is -2.30. The third kappa shape index (κ3) is 3.74. The molecule has 0 aliphatic heterocycles. The molecule has 1 rings (SSSR count). The van der Waals surface area contributed by atoms with Crippen molar-refractivity contribution in [3.8, 4) is 0 Å². The van der Waals surface area contributed by atoms with Crippen molar-refractivity contribution in [1.82, 2.24) is 4.31 Å². The molecule has 7 heteroatoms. The van der Waals surface area contributed by atoms with Gasteiger partial charge in [-0.15, -0.1) is 0 Å². The molecule has 0 aromatic heterocycles. The fourth-order valence-electron chi connectivity index (χ4n) is 1.25. The summed E-state index contributed by atoms with van der Waals surface area (Å²) >= 11 is 6.31. The van der Waals surface area contributed by atoms with E-state index in [-0.39, 0.29) is 4.90 Å². The first-order valence-corrected chi connectivity index (χ1v) is 8.22. The van der Waals surface area contributed by atoms with Gasteiger partial charge >= 0.3 is 0 Å². The van der Waals surface area contributed by atoms with Crippen LogP contribution < -0.4 is 0 Å². The van der Waals surface area contributed by atoms with Crippen molar-refractivity contribution in [1.29, 1.82) is 0 Å². The maximum absolute atomic E-state index is 13.6. The van der Waals surface area contributed by atoms with Gasteiger partial charge in [-0.3, -0.25) is 0 Å². The minimum absolute atomic E-state index is 0.294. The highest BCUT2D eigenvalue weighted by molar-refractivity contribution is 9.10. The Morgan fingerprint density at radius 2 is 2.06 bits per heavy atom. The van der Waals surface area contributed by atoms with Crippen LogP contribution in [-0.2, 0) is 10.0 Å². The van der Waals surface area contributed by atoms with Crippen LogP contribution >= 0.6 is 31.9 Å². The Morgan fingerprint density at radius 1 is 1.41 bits per heavy atom. The first-order chi connectivity index (χ1) is 7.89. The Kier molecular flexibility index (Phi) is 5.56. The molecular weight excluding hydrogens is 377 g/mol. The van der Waals surface area contributed by atoms with E-state index in [2.05, 4.69) is 31.9 Å². The van der Waals surface area contributed by atoms with Crippen molar-refractivity contribution in [3.05, 3.63) is 28.5 Å². The number of benzene rings is 1. The maximum atomic E-state index is 13.6. The Bertz CT molecular complexity index is 493. The Hall–Kier alpha value is 0.0200. The molecule has 96 valence electrons. The number of rotatable bonds is 5. The molecule has 0 spiro atoms. The van der Waals surface area contributed by atoms with Crippen molar-refractivity contribution < 1.29 is 12.8 Å². The minimum atomic E-state index is -3.74. The molecule has 0 amide bonds. The first kappa shape index (κ1) is 15.1. The van der Waals surface area contributed by atoms with Gasteiger partial charge in [0.05, 0.1) is 0 Å². The van der Waals surface area contributed by atoms with E-state index in [9.17, 15) is 12.8 Å². The zero-order valence-corrected chi connectivity index (χ0v) is 13.1. The van der Waals surface area contributed by atoms with Gasteiger partial charge in [0.25, 0.3) is 0 Å². The summed E-state index contributed by atoms with van der Waals surface area (Å²) in [4.78, 5) is -0.294. The molecule has 1 aromatic rings. The highest BCUT2D eigenvalue weighted by atomic mass is 79.9. The zero-order valence-electron chi connectivity index (χ0n) is 9.16. The standard InChI is InChI=1S/C10H12Br2FNO2S/c1-14(6-2-5-11)17(15,16)10-4-3-8(12)7-9(10)13/h3-4,7H,2,5-6H2,1H3. The second-order valence-corrected chi connectivity index (χ2v) is 7.17. The lowest BCUT2D eigenvalue weighted by Crippen LogP contribution is -2.28. The molecule has 0 fully saturated rings. The molecule has 0 aliphatic rings. The second-order valence-electron chi connectivity index (χ2n) is 3.44. The lowest BCUT2D eigenvalue weighted by molar-refractivity contribution is 0.463. The lowest BCUT2D eigenvalue weighted by Gasteiger charge is -2.17. The summed E-state index contributed by atoms with van der Waals surface area (Å²) in [6, 6.07) is 3.92. The van der Waals surface area contributed by atoms with E-state index in [0.717, 1.165) is 10.4 Å². The van der Waals surface area contributed by atoms with Crippen LogP contribution in [0.25, 0.3) is 0 Å². The zero-order chi connectivity index (χ0) is 13.1. The van der Waals surface area contributed by atoms with Crippen LogP contribution in [0.4, 0.5) is 4.39 Å². The largest absolute Gasteiger partial charge is 0.245 e. The molecular formula is C10H12Br2FNO2S. The number of alkyl halides is 1. The van der Waals surface area contributed by atoms with Gasteiger partial charge in [0, 0.05) is 23.4 Å². The summed E-state index contributed by atoms with van der Waals surface area (Å²) in [5.74, 6) is -0.745. The van der Waals surface area contributed by atoms with E-state index in [1.54, 1.807) is 0 Å². The van der Waals surface area contributed by atoms with Gasteiger partial charge in [-0.05, 0) is 24.6 Å². The van der Waals surface area contributed by atoms with Gasteiger partial charge in [0.15, 0.2) is 0 Å². The fraction of sp³-hybridized carbons (Fsp3) is 0.400. The van der Waals surface area contributed by atoms with Crippen molar-refractivity contribution in [2.75, 3.05) is 18.9 Å². The summed E-state index contributed by atoms with van der Waals surface area (Å²) in [5.41, 5.74) is 0. The highest BCUT2D eigenvalue weighted by Crippen LogP contribution is 2.22. The molecule has 0 saturated heterocycles. The monoisotopic (exact) mass is 387 g/mol. The summed E-state index contributed by atoms with van der Waals surface area (Å²) in [6.07, 6.45) is 0.674. The molecule has 0 unspecified atom stereocenters. The molecule has 0 bridgehead atoms. The van der Waals surface area contributed by atoms with Gasteiger partial charge in [-0.1, -0.05) is 31.9 Å². The van der Waals surface area contributed by atoms with Gasteiger partial charge in [-0.25, -0.2) is 17.1 Å². The van der Waals surface area contributed by atoms with E-state index < -0.39 is 15.8 Å². The molecule has 1 aromatic carbocycles. The SMILES string of the molecule is CN(CCCBr)S(=O)(=O)c1ccc(Br)cc1F. The number of halogens is 3. The number of hydrogen-bond donors (Lipinski definition) is 0. The molecule has 0 aliphatic carbocycles. The second kappa shape index (κ2) is 6.26. The number of nitrogens with zero attached hydrogens (tertiary/aromatic N) is 1. The summed E-state index contributed by atoms with van der Waals surface area (Å²) in [5, 5.41) is 0.704. The Balaban J connectivity index is 3.04. The molecule has 0 saturated carbocycles. The quantitative estimate of drug-likeness (QED) is 0.727.